The molecule has 1 unspecified atom stereocenters. The number of nitrogens with zero attached hydrogens (tertiary/aromatic N) is 6. The Hall–Kier alpha value is -2.81. The normalized spacial score (nSPS) is 12.7. The van der Waals surface area contributed by atoms with Crippen LogP contribution < -0.4 is 0 Å². The summed E-state index contributed by atoms with van der Waals surface area (Å²) < 4.78 is 30.0. The molecule has 0 aliphatic rings. The minimum Gasteiger partial charge on any atom is -0.269 e. The monoisotopic (exact) mass is 386 g/mol. The summed E-state index contributed by atoms with van der Waals surface area (Å²) in [6, 6.07) is 16.7. The molecule has 0 spiro atoms. The zero-order valence-electron chi connectivity index (χ0n) is 14.4. The number of alkyl halides is 2. The van der Waals surface area contributed by atoms with Gasteiger partial charge >= 0.3 is 6.55 Å². The zero-order chi connectivity index (χ0) is 18.8. The van der Waals surface area contributed by atoms with E-state index in [1.807, 2.05) is 37.3 Å². The number of benzene rings is 2. The molecule has 2 aromatic carbocycles. The van der Waals surface area contributed by atoms with Crippen molar-refractivity contribution in [1.29, 1.82) is 0 Å². The van der Waals surface area contributed by atoms with Gasteiger partial charge in [-0.15, -0.1) is 5.10 Å². The van der Waals surface area contributed by atoms with Crippen LogP contribution in [-0.2, 0) is 6.54 Å². The van der Waals surface area contributed by atoms with Gasteiger partial charge in [-0.2, -0.15) is 8.78 Å². The van der Waals surface area contributed by atoms with Crippen molar-refractivity contribution >= 4 is 22.8 Å². The molecule has 138 valence electrons. The molecule has 0 bridgehead atoms. The van der Waals surface area contributed by atoms with Crippen molar-refractivity contribution in [3.05, 3.63) is 66.0 Å². The van der Waals surface area contributed by atoms with Crippen molar-refractivity contribution in [3.8, 4) is 0 Å². The standard InChI is InChI=1S/C18H16F2N6S/c1-12(16-21-14-9-5-6-10-15(14)26(16)17(19)20)27-18-22-23-24-25(18)11-13-7-3-2-4-8-13/h2-10,12,17H,11H2,1H3. The fraction of sp³-hybridized carbons (Fsp3) is 0.222. The molecule has 0 radical (unpaired) electrons. The van der Waals surface area contributed by atoms with E-state index in [1.165, 1.54) is 11.8 Å². The quantitative estimate of drug-likeness (QED) is 0.462. The first kappa shape index (κ1) is 17.6. The summed E-state index contributed by atoms with van der Waals surface area (Å²) in [4.78, 5) is 4.41. The smallest absolute Gasteiger partial charge is 0.269 e. The minimum atomic E-state index is -2.67. The van der Waals surface area contributed by atoms with Crippen LogP contribution in [0.2, 0.25) is 0 Å². The average Bonchev–Trinajstić information content (AvgIpc) is 3.27. The van der Waals surface area contributed by atoms with Crippen molar-refractivity contribution in [2.75, 3.05) is 0 Å². The number of para-hydroxylation sites is 2. The molecule has 0 aliphatic carbocycles. The first-order valence-electron chi connectivity index (χ1n) is 8.35. The topological polar surface area (TPSA) is 61.4 Å². The molecule has 0 saturated carbocycles. The molecule has 2 aromatic heterocycles. The molecular formula is C18H16F2N6S. The number of hydrogen-bond donors (Lipinski definition) is 0. The van der Waals surface area contributed by atoms with Gasteiger partial charge < -0.3 is 0 Å². The maximum atomic E-state index is 13.7. The summed E-state index contributed by atoms with van der Waals surface area (Å²) >= 11 is 1.31. The van der Waals surface area contributed by atoms with Crippen LogP contribution in [0.15, 0.2) is 59.8 Å². The van der Waals surface area contributed by atoms with Crippen molar-refractivity contribution in [1.82, 2.24) is 29.8 Å². The number of imidazole rings is 1. The molecule has 9 heteroatoms. The van der Waals surface area contributed by atoms with Crippen molar-refractivity contribution in [3.63, 3.8) is 0 Å². The second-order valence-corrected chi connectivity index (χ2v) is 7.28. The van der Waals surface area contributed by atoms with E-state index in [2.05, 4.69) is 20.5 Å². The largest absolute Gasteiger partial charge is 0.320 e. The van der Waals surface area contributed by atoms with Gasteiger partial charge in [-0.3, -0.25) is 4.57 Å². The van der Waals surface area contributed by atoms with E-state index in [0.29, 0.717) is 28.6 Å². The van der Waals surface area contributed by atoms with Gasteiger partial charge in [-0.05, 0) is 35.0 Å². The van der Waals surface area contributed by atoms with Gasteiger partial charge in [0.05, 0.1) is 22.8 Å². The third-order valence-electron chi connectivity index (χ3n) is 4.14. The molecule has 0 saturated heterocycles. The molecule has 0 amide bonds. The first-order chi connectivity index (χ1) is 13.1. The summed E-state index contributed by atoms with van der Waals surface area (Å²) in [5.74, 6) is 0.297. The van der Waals surface area contributed by atoms with E-state index in [-0.39, 0.29) is 5.25 Å². The third-order valence-corrected chi connectivity index (χ3v) is 5.21. The Bertz CT molecular complexity index is 1050. The lowest BCUT2D eigenvalue weighted by Crippen LogP contribution is -2.08. The highest BCUT2D eigenvalue weighted by Crippen LogP contribution is 2.36. The molecule has 0 aliphatic heterocycles. The Labute approximate surface area is 158 Å². The van der Waals surface area contributed by atoms with E-state index in [4.69, 9.17) is 0 Å². The Kier molecular flexibility index (Phi) is 4.85. The highest BCUT2D eigenvalue weighted by Gasteiger charge is 2.24. The first-order valence-corrected chi connectivity index (χ1v) is 9.23. The van der Waals surface area contributed by atoms with Crippen LogP contribution in [0.1, 0.15) is 30.1 Å². The van der Waals surface area contributed by atoms with E-state index in [1.54, 1.807) is 28.9 Å². The molecular weight excluding hydrogens is 370 g/mol. The van der Waals surface area contributed by atoms with Crippen molar-refractivity contribution in [2.24, 2.45) is 0 Å². The summed E-state index contributed by atoms with van der Waals surface area (Å²) in [6.07, 6.45) is 0. The van der Waals surface area contributed by atoms with Crippen LogP contribution in [0.25, 0.3) is 11.0 Å². The van der Waals surface area contributed by atoms with Gasteiger partial charge in [0.25, 0.3) is 0 Å². The van der Waals surface area contributed by atoms with Crippen LogP contribution in [0.5, 0.6) is 0 Å². The van der Waals surface area contributed by atoms with Gasteiger partial charge in [0.2, 0.25) is 5.16 Å². The maximum absolute atomic E-state index is 13.7. The molecule has 6 nitrogen and oxygen atoms in total. The minimum absolute atomic E-state index is 0.297. The number of thioether (sulfide) groups is 1. The summed E-state index contributed by atoms with van der Waals surface area (Å²) in [6.45, 7) is -0.337. The molecule has 4 rings (SSSR count). The summed E-state index contributed by atoms with van der Waals surface area (Å²) in [7, 11) is 0. The number of rotatable bonds is 6. The van der Waals surface area contributed by atoms with Gasteiger partial charge in [0.15, 0.2) is 0 Å². The van der Waals surface area contributed by atoms with Crippen LogP contribution in [-0.4, -0.2) is 29.8 Å². The molecule has 1 atom stereocenters. The molecule has 0 fully saturated rings. The number of halogens is 2. The molecule has 2 heterocycles. The lowest BCUT2D eigenvalue weighted by Gasteiger charge is -2.13. The Balaban J connectivity index is 1.62. The SMILES string of the molecule is CC(Sc1nnnn1Cc1ccccc1)c1nc2ccccc2n1C(F)F. The fourth-order valence-corrected chi connectivity index (χ4v) is 3.80. The van der Waals surface area contributed by atoms with E-state index >= 15 is 0 Å². The third kappa shape index (κ3) is 3.55. The van der Waals surface area contributed by atoms with Crippen LogP contribution in [0.3, 0.4) is 0 Å². The number of tetrazole rings is 1. The number of hydrogen-bond acceptors (Lipinski definition) is 5. The number of fused-ring (bicyclic) bond motifs is 1. The van der Waals surface area contributed by atoms with Crippen LogP contribution in [0, 0.1) is 0 Å². The summed E-state index contributed by atoms with van der Waals surface area (Å²) in [5.41, 5.74) is 2.02. The maximum Gasteiger partial charge on any atom is 0.320 e. The molecule has 4 aromatic rings. The fourth-order valence-electron chi connectivity index (χ4n) is 2.90. The second kappa shape index (κ2) is 7.43. The Morgan fingerprint density at radius 1 is 1.04 bits per heavy atom. The second-order valence-electron chi connectivity index (χ2n) is 5.97. The Morgan fingerprint density at radius 2 is 1.78 bits per heavy atom. The van der Waals surface area contributed by atoms with Crippen molar-refractivity contribution < 1.29 is 8.78 Å². The highest BCUT2D eigenvalue weighted by molar-refractivity contribution is 7.99. The van der Waals surface area contributed by atoms with Gasteiger partial charge in [0, 0.05) is 0 Å². The van der Waals surface area contributed by atoms with E-state index in [0.717, 1.165) is 10.1 Å². The highest BCUT2D eigenvalue weighted by atomic mass is 32.2. The van der Waals surface area contributed by atoms with Crippen LogP contribution >= 0.6 is 11.8 Å². The van der Waals surface area contributed by atoms with Gasteiger partial charge in [-0.25, -0.2) is 9.67 Å². The predicted molar refractivity (Wildman–Crippen MR) is 98.6 cm³/mol. The molecule has 0 N–H and O–H groups in total. The van der Waals surface area contributed by atoms with Crippen molar-refractivity contribution in [2.45, 2.75) is 30.4 Å². The Morgan fingerprint density at radius 3 is 2.56 bits per heavy atom. The van der Waals surface area contributed by atoms with E-state index < -0.39 is 6.55 Å². The average molecular weight is 386 g/mol. The van der Waals surface area contributed by atoms with Gasteiger partial charge in [-0.1, -0.05) is 54.2 Å². The zero-order valence-corrected chi connectivity index (χ0v) is 15.2. The predicted octanol–water partition coefficient (Wildman–Crippen LogP) is 4.32. The lowest BCUT2D eigenvalue weighted by molar-refractivity contribution is 0.0715. The van der Waals surface area contributed by atoms with Gasteiger partial charge in [0.1, 0.15) is 5.82 Å². The molecule has 27 heavy (non-hydrogen) atoms. The van der Waals surface area contributed by atoms with E-state index in [9.17, 15) is 8.78 Å². The van der Waals surface area contributed by atoms with Crippen LogP contribution in [0.4, 0.5) is 8.78 Å². The number of aromatic nitrogens is 6. The summed E-state index contributed by atoms with van der Waals surface area (Å²) in [5, 5.41) is 12.0. The lowest BCUT2D eigenvalue weighted by atomic mass is 10.2.